The van der Waals surface area contributed by atoms with E-state index >= 15 is 0 Å². The van der Waals surface area contributed by atoms with Gasteiger partial charge in [0, 0.05) is 0 Å². The van der Waals surface area contributed by atoms with Gasteiger partial charge in [0.05, 0.1) is 0 Å². The highest BCUT2D eigenvalue weighted by Crippen LogP contribution is 2.10. The van der Waals surface area contributed by atoms with Crippen LogP contribution in [0.4, 0.5) is 0 Å². The fraction of sp³-hybridized carbons (Fsp3) is 1.00. The molecule has 13 heavy (non-hydrogen) atoms. The maximum atomic E-state index is 3.50. The van der Waals surface area contributed by atoms with Crippen molar-refractivity contribution in [1.29, 1.82) is 0 Å². The van der Waals surface area contributed by atoms with Gasteiger partial charge in [-0.3, -0.25) is 0 Å². The third kappa shape index (κ3) is 12.4. The number of unbranched alkanes of at least 4 members (excludes halogenated alkanes) is 9. The van der Waals surface area contributed by atoms with Crippen LogP contribution >= 0.6 is 0 Å². The summed E-state index contributed by atoms with van der Waals surface area (Å²) in [7, 11) is 0. The van der Waals surface area contributed by atoms with Crippen LogP contribution in [0.3, 0.4) is 0 Å². The molecule has 0 aromatic heterocycles. The average Bonchev–Trinajstić information content (AvgIpc) is 2.16. The second-order valence-electron chi connectivity index (χ2n) is 3.93. The molecule has 0 aromatic rings. The number of hydrogen-bond donors (Lipinski definition) is 0. The van der Waals surface area contributed by atoms with Crippen LogP contribution in [0.15, 0.2) is 0 Å². The Hall–Kier alpha value is 0.350. The van der Waals surface area contributed by atoms with Crippen LogP contribution in [0.2, 0.25) is 0 Å². The molecule has 0 fully saturated rings. The summed E-state index contributed by atoms with van der Waals surface area (Å²) < 4.78 is 0. The highest BCUT2D eigenvalue weighted by atomic mass is 32.1. The maximum Gasteiger partial charge on any atom is 0.103 e. The van der Waals surface area contributed by atoms with Crippen LogP contribution in [0.5, 0.6) is 0 Å². The molecule has 1 heteroatoms. The lowest BCUT2D eigenvalue weighted by atomic mass is 10.1. The zero-order valence-corrected chi connectivity index (χ0v) is 10.3. The zero-order valence-electron chi connectivity index (χ0n) is 9.28. The molecule has 0 nitrogen and oxygen atoms in total. The molecule has 0 bridgehead atoms. The standard InChI is InChI=1S/C12H26S/c1-2-3-4-5-6-7-8-9-10-11-12-13/h13H,2-12H2,1H3/p+1. The van der Waals surface area contributed by atoms with E-state index in [9.17, 15) is 0 Å². The molecule has 0 aromatic carbocycles. The van der Waals surface area contributed by atoms with Crippen molar-refractivity contribution in [1.82, 2.24) is 0 Å². The molecule has 0 amide bonds. The first kappa shape index (κ1) is 13.4. The summed E-state index contributed by atoms with van der Waals surface area (Å²) in [4.78, 5) is 0. The summed E-state index contributed by atoms with van der Waals surface area (Å²) >= 11 is 3.50. The minimum Gasteiger partial charge on any atom is -0.0654 e. The minimum atomic E-state index is 1.18. The summed E-state index contributed by atoms with van der Waals surface area (Å²) in [5.41, 5.74) is 0. The Morgan fingerprint density at radius 3 is 1.38 bits per heavy atom. The van der Waals surface area contributed by atoms with Gasteiger partial charge in [0.1, 0.15) is 5.75 Å². The molecule has 0 N–H and O–H groups in total. The first-order valence-corrected chi connectivity index (χ1v) is 6.77. The molecule has 0 aliphatic carbocycles. The first-order valence-electron chi connectivity index (χ1n) is 6.06. The normalized spacial score (nSPS) is 10.6. The third-order valence-corrected chi connectivity index (χ3v) is 2.88. The Bertz CT molecular complexity index is 71.2. The Morgan fingerprint density at radius 1 is 0.615 bits per heavy atom. The molecule has 0 radical (unpaired) electrons. The zero-order chi connectivity index (χ0) is 9.78. The molecule has 0 aliphatic heterocycles. The van der Waals surface area contributed by atoms with Crippen LogP contribution in [-0.2, 0) is 12.6 Å². The average molecular weight is 203 g/mol. The summed E-state index contributed by atoms with van der Waals surface area (Å²) in [6.07, 6.45) is 14.3. The van der Waals surface area contributed by atoms with E-state index in [4.69, 9.17) is 0 Å². The molecule has 0 rings (SSSR count). The van der Waals surface area contributed by atoms with Crippen molar-refractivity contribution < 1.29 is 0 Å². The fourth-order valence-electron chi connectivity index (χ4n) is 1.61. The van der Waals surface area contributed by atoms with Crippen LogP contribution in [-0.4, -0.2) is 5.75 Å². The van der Waals surface area contributed by atoms with Gasteiger partial charge >= 0.3 is 0 Å². The molecule has 0 aliphatic rings. The van der Waals surface area contributed by atoms with Crippen molar-refractivity contribution >= 4 is 12.6 Å². The van der Waals surface area contributed by atoms with E-state index in [1.54, 1.807) is 0 Å². The predicted octanol–water partition coefficient (Wildman–Crippen LogP) is 3.92. The minimum absolute atomic E-state index is 1.18. The lowest BCUT2D eigenvalue weighted by Gasteiger charge is -2.00. The van der Waals surface area contributed by atoms with Gasteiger partial charge in [-0.25, -0.2) is 0 Å². The van der Waals surface area contributed by atoms with Gasteiger partial charge in [-0.2, -0.15) is 0 Å². The van der Waals surface area contributed by atoms with Crippen molar-refractivity contribution in [2.45, 2.75) is 71.1 Å². The lowest BCUT2D eigenvalue weighted by Crippen LogP contribution is -1.83. The van der Waals surface area contributed by atoms with E-state index in [2.05, 4.69) is 19.6 Å². The van der Waals surface area contributed by atoms with Crippen molar-refractivity contribution in [3.05, 3.63) is 0 Å². The summed E-state index contributed by atoms with van der Waals surface area (Å²) in [6, 6.07) is 0. The molecule has 0 spiro atoms. The lowest BCUT2D eigenvalue weighted by molar-refractivity contribution is 0.563. The molecular weight excluding hydrogens is 176 g/mol. The van der Waals surface area contributed by atoms with Crippen molar-refractivity contribution in [3.63, 3.8) is 0 Å². The highest BCUT2D eigenvalue weighted by Gasteiger charge is 1.91. The van der Waals surface area contributed by atoms with E-state index in [1.165, 1.54) is 70.0 Å². The second-order valence-corrected chi connectivity index (χ2v) is 4.43. The fourth-order valence-corrected chi connectivity index (χ4v) is 1.86. The molecular formula is C12H27S+. The van der Waals surface area contributed by atoms with Gasteiger partial charge in [0.2, 0.25) is 0 Å². The summed E-state index contributed by atoms with van der Waals surface area (Å²) in [5.74, 6) is 1.18. The number of hydrogen-bond acceptors (Lipinski definition) is 0. The third-order valence-electron chi connectivity index (χ3n) is 2.53. The molecule has 0 atom stereocenters. The van der Waals surface area contributed by atoms with Crippen LogP contribution < -0.4 is 0 Å². The Labute approximate surface area is 89.9 Å². The van der Waals surface area contributed by atoms with Gasteiger partial charge in [0.15, 0.2) is 0 Å². The van der Waals surface area contributed by atoms with Gasteiger partial charge in [0.25, 0.3) is 0 Å². The van der Waals surface area contributed by atoms with E-state index in [0.717, 1.165) is 0 Å². The maximum absolute atomic E-state index is 3.50. The van der Waals surface area contributed by atoms with Gasteiger partial charge in [-0.05, 0) is 25.5 Å². The highest BCUT2D eigenvalue weighted by molar-refractivity contribution is 7.58. The second kappa shape index (κ2) is 12.3. The van der Waals surface area contributed by atoms with Crippen LogP contribution in [0.25, 0.3) is 0 Å². The van der Waals surface area contributed by atoms with Gasteiger partial charge in [-0.1, -0.05) is 58.3 Å². The SMILES string of the molecule is CCCCCCCCCCCC[SH2+]. The molecule has 80 valence electrons. The van der Waals surface area contributed by atoms with Gasteiger partial charge < -0.3 is 0 Å². The predicted molar refractivity (Wildman–Crippen MR) is 66.9 cm³/mol. The number of rotatable bonds is 10. The van der Waals surface area contributed by atoms with Crippen molar-refractivity contribution in [2.75, 3.05) is 5.75 Å². The van der Waals surface area contributed by atoms with Gasteiger partial charge in [-0.15, -0.1) is 0 Å². The van der Waals surface area contributed by atoms with Crippen molar-refractivity contribution in [2.24, 2.45) is 0 Å². The van der Waals surface area contributed by atoms with E-state index in [0.29, 0.717) is 0 Å². The molecule has 0 saturated carbocycles. The summed E-state index contributed by atoms with van der Waals surface area (Å²) in [5, 5.41) is 0. The molecule has 0 unspecified atom stereocenters. The van der Waals surface area contributed by atoms with Crippen LogP contribution in [0.1, 0.15) is 71.1 Å². The summed E-state index contributed by atoms with van der Waals surface area (Å²) in [6.45, 7) is 2.28. The Morgan fingerprint density at radius 2 is 1.00 bits per heavy atom. The Kier molecular flexibility index (Phi) is 12.7. The Balaban J connectivity index is 2.76. The van der Waals surface area contributed by atoms with E-state index < -0.39 is 0 Å². The topological polar surface area (TPSA) is 0 Å². The van der Waals surface area contributed by atoms with E-state index in [-0.39, 0.29) is 0 Å². The van der Waals surface area contributed by atoms with Crippen molar-refractivity contribution in [3.8, 4) is 0 Å². The van der Waals surface area contributed by atoms with Crippen LogP contribution in [0, 0.1) is 0 Å². The largest absolute Gasteiger partial charge is 0.103 e. The smallest absolute Gasteiger partial charge is 0.0654 e. The molecule has 0 heterocycles. The monoisotopic (exact) mass is 203 g/mol. The molecule has 0 saturated heterocycles. The quantitative estimate of drug-likeness (QED) is 0.373. The van der Waals surface area contributed by atoms with E-state index in [1.807, 2.05) is 0 Å². The first-order chi connectivity index (χ1) is 6.41.